The number of hydrogen-bond donors (Lipinski definition) is 2. The van der Waals surface area contributed by atoms with Crippen LogP contribution in [0.2, 0.25) is 5.02 Å². The van der Waals surface area contributed by atoms with Gasteiger partial charge in [0, 0.05) is 34.7 Å². The van der Waals surface area contributed by atoms with Crippen LogP contribution in [-0.4, -0.2) is 34.1 Å². The van der Waals surface area contributed by atoms with Crippen molar-refractivity contribution in [1.82, 2.24) is 19.7 Å². The Balaban J connectivity index is 1.44. The summed E-state index contributed by atoms with van der Waals surface area (Å²) in [4.78, 5) is 32.3. The van der Waals surface area contributed by atoms with Gasteiger partial charge < -0.3 is 5.32 Å². The van der Waals surface area contributed by atoms with Crippen LogP contribution in [0.15, 0.2) is 88.8 Å². The van der Waals surface area contributed by atoms with Crippen LogP contribution in [0.1, 0.15) is 0 Å². The van der Waals surface area contributed by atoms with Crippen LogP contribution in [0.25, 0.3) is 11.3 Å². The summed E-state index contributed by atoms with van der Waals surface area (Å²) in [6.45, 7) is -0.326. The first-order chi connectivity index (χ1) is 16.3. The lowest BCUT2D eigenvalue weighted by Gasteiger charge is -2.10. The van der Waals surface area contributed by atoms with Crippen LogP contribution in [0.3, 0.4) is 0 Å². The van der Waals surface area contributed by atoms with Crippen LogP contribution in [0.5, 0.6) is 0 Å². The fourth-order valence-corrected chi connectivity index (χ4v) is 4.01. The second-order valence-corrected chi connectivity index (χ2v) is 9.09. The van der Waals surface area contributed by atoms with E-state index in [2.05, 4.69) is 25.1 Å². The first-order valence-corrected chi connectivity index (χ1v) is 11.7. The van der Waals surface area contributed by atoms with Crippen molar-refractivity contribution in [2.24, 2.45) is 0 Å². The Bertz CT molecular complexity index is 1470. The third-order valence-corrected chi connectivity index (χ3v) is 6.14. The second kappa shape index (κ2) is 9.81. The molecule has 12 heteroatoms. The molecule has 0 unspecified atom stereocenters. The summed E-state index contributed by atoms with van der Waals surface area (Å²) in [5.41, 5.74) is 1.16. The topological polar surface area (TPSA) is 136 Å². The number of hydrogen-bond acceptors (Lipinski definition) is 7. The largest absolute Gasteiger partial charge is 0.324 e. The zero-order valence-electron chi connectivity index (χ0n) is 17.4. The molecule has 1 amide bonds. The smallest absolute Gasteiger partial charge is 0.267 e. The van der Waals surface area contributed by atoms with Gasteiger partial charge in [-0.2, -0.15) is 5.10 Å². The molecule has 0 radical (unpaired) electrons. The van der Waals surface area contributed by atoms with E-state index in [1.165, 1.54) is 42.7 Å². The molecule has 0 aliphatic carbocycles. The number of sulfonamides is 1. The van der Waals surface area contributed by atoms with Crippen molar-refractivity contribution in [1.29, 1.82) is 0 Å². The van der Waals surface area contributed by atoms with E-state index in [0.717, 1.165) is 10.2 Å². The first-order valence-electron chi connectivity index (χ1n) is 9.84. The number of rotatable bonds is 7. The van der Waals surface area contributed by atoms with E-state index in [9.17, 15) is 18.0 Å². The Morgan fingerprint density at radius 2 is 1.62 bits per heavy atom. The number of carbonyl (C=O) groups excluding carboxylic acids is 1. The zero-order valence-corrected chi connectivity index (χ0v) is 19.0. The number of benzene rings is 2. The average molecular weight is 497 g/mol. The summed E-state index contributed by atoms with van der Waals surface area (Å²) in [5, 5.41) is 7.43. The van der Waals surface area contributed by atoms with Crippen molar-refractivity contribution in [3.8, 4) is 11.3 Å². The van der Waals surface area contributed by atoms with Gasteiger partial charge in [-0.3, -0.25) is 9.59 Å². The highest BCUT2D eigenvalue weighted by atomic mass is 35.5. The molecule has 0 atom stereocenters. The van der Waals surface area contributed by atoms with Crippen molar-refractivity contribution >= 4 is 39.2 Å². The zero-order chi connectivity index (χ0) is 24.1. The predicted molar refractivity (Wildman–Crippen MR) is 127 cm³/mol. The highest BCUT2D eigenvalue weighted by Crippen LogP contribution is 2.19. The lowest BCUT2D eigenvalue weighted by atomic mass is 10.1. The summed E-state index contributed by atoms with van der Waals surface area (Å²) >= 11 is 5.90. The van der Waals surface area contributed by atoms with Gasteiger partial charge in [0.2, 0.25) is 11.9 Å². The van der Waals surface area contributed by atoms with Gasteiger partial charge in [-0.15, -0.1) is 0 Å². The third kappa shape index (κ3) is 5.63. The fraction of sp³-hybridized carbons (Fsp3) is 0.0455. The maximum Gasteiger partial charge on any atom is 0.267 e. The Kier molecular flexibility index (Phi) is 6.66. The molecule has 2 heterocycles. The molecule has 2 aromatic carbocycles. The number of nitrogens with one attached hydrogen (secondary N) is 2. The van der Waals surface area contributed by atoms with E-state index in [-0.39, 0.29) is 17.4 Å². The van der Waals surface area contributed by atoms with Crippen LogP contribution < -0.4 is 15.6 Å². The van der Waals surface area contributed by atoms with Gasteiger partial charge in [0.1, 0.15) is 6.54 Å². The number of amides is 1. The molecular weight excluding hydrogens is 480 g/mol. The quantitative estimate of drug-likeness (QED) is 0.401. The minimum absolute atomic E-state index is 0.0356. The third-order valence-electron chi connectivity index (χ3n) is 4.54. The molecule has 0 aliphatic rings. The molecular formula is C22H17ClN6O4S. The molecule has 0 aliphatic heterocycles. The minimum Gasteiger partial charge on any atom is -0.324 e. The lowest BCUT2D eigenvalue weighted by molar-refractivity contribution is -0.117. The lowest BCUT2D eigenvalue weighted by Crippen LogP contribution is -2.29. The molecule has 4 aromatic rings. The van der Waals surface area contributed by atoms with E-state index in [1.807, 2.05) is 0 Å². The van der Waals surface area contributed by atoms with E-state index >= 15 is 0 Å². The Hall–Kier alpha value is -4.09. The molecule has 0 bridgehead atoms. The average Bonchev–Trinajstić information content (AvgIpc) is 2.82. The van der Waals surface area contributed by atoms with Crippen molar-refractivity contribution in [2.45, 2.75) is 11.4 Å². The molecule has 172 valence electrons. The number of anilines is 2. The predicted octanol–water partition coefficient (Wildman–Crippen LogP) is 2.79. The van der Waals surface area contributed by atoms with Crippen LogP contribution in [0.4, 0.5) is 11.6 Å². The second-order valence-electron chi connectivity index (χ2n) is 6.97. The Morgan fingerprint density at radius 3 is 2.29 bits per heavy atom. The van der Waals surface area contributed by atoms with Crippen molar-refractivity contribution in [3.63, 3.8) is 0 Å². The molecule has 10 nitrogen and oxygen atoms in total. The Labute approximate surface area is 199 Å². The summed E-state index contributed by atoms with van der Waals surface area (Å²) in [7, 11) is -3.90. The molecule has 4 rings (SSSR count). The normalized spacial score (nSPS) is 11.1. The van der Waals surface area contributed by atoms with Gasteiger partial charge in [-0.1, -0.05) is 23.7 Å². The highest BCUT2D eigenvalue weighted by molar-refractivity contribution is 7.92. The molecule has 0 fully saturated rings. The molecule has 0 saturated carbocycles. The van der Waals surface area contributed by atoms with Crippen molar-refractivity contribution in [3.05, 3.63) is 94.5 Å². The van der Waals surface area contributed by atoms with Gasteiger partial charge in [0.05, 0.1) is 10.6 Å². The summed E-state index contributed by atoms with van der Waals surface area (Å²) in [6, 6.07) is 16.9. The number of aromatic nitrogens is 4. The fourth-order valence-electron chi connectivity index (χ4n) is 2.92. The van der Waals surface area contributed by atoms with Gasteiger partial charge in [-0.25, -0.2) is 27.8 Å². The van der Waals surface area contributed by atoms with E-state index in [0.29, 0.717) is 16.4 Å². The molecule has 0 saturated heterocycles. The number of nitrogens with zero attached hydrogens (tertiary/aromatic N) is 4. The first kappa shape index (κ1) is 23.1. The van der Waals surface area contributed by atoms with Crippen LogP contribution in [0, 0.1) is 0 Å². The van der Waals surface area contributed by atoms with Crippen molar-refractivity contribution < 1.29 is 13.2 Å². The Morgan fingerprint density at radius 1 is 0.941 bits per heavy atom. The van der Waals surface area contributed by atoms with Gasteiger partial charge in [0.15, 0.2) is 0 Å². The molecule has 2 N–H and O–H groups in total. The molecule has 34 heavy (non-hydrogen) atoms. The highest BCUT2D eigenvalue weighted by Gasteiger charge is 2.16. The minimum atomic E-state index is -3.90. The van der Waals surface area contributed by atoms with Gasteiger partial charge in [0.25, 0.3) is 15.6 Å². The van der Waals surface area contributed by atoms with E-state index < -0.39 is 21.5 Å². The number of halogens is 1. The monoisotopic (exact) mass is 496 g/mol. The van der Waals surface area contributed by atoms with E-state index in [1.54, 1.807) is 36.4 Å². The van der Waals surface area contributed by atoms with Gasteiger partial charge >= 0.3 is 0 Å². The summed E-state index contributed by atoms with van der Waals surface area (Å²) < 4.78 is 28.2. The van der Waals surface area contributed by atoms with Crippen molar-refractivity contribution in [2.75, 3.05) is 10.0 Å². The van der Waals surface area contributed by atoms with E-state index in [4.69, 9.17) is 11.6 Å². The number of carbonyl (C=O) groups is 1. The maximum atomic E-state index is 12.5. The van der Waals surface area contributed by atoms with Crippen LogP contribution in [-0.2, 0) is 21.4 Å². The maximum absolute atomic E-state index is 12.5. The standard InChI is InChI=1S/C22H17ClN6O4S/c23-16-4-2-15(3-5-16)19-10-11-21(31)29(27-19)14-20(30)26-17-6-8-18(9-7-17)34(32,33)28-22-24-12-1-13-25-22/h1-13H,14H2,(H,26,30)(H,24,25,28). The van der Waals surface area contributed by atoms with Crippen LogP contribution >= 0.6 is 11.6 Å². The molecule has 2 aromatic heterocycles. The summed E-state index contributed by atoms with van der Waals surface area (Å²) in [5.74, 6) is -0.562. The summed E-state index contributed by atoms with van der Waals surface area (Å²) in [6.07, 6.45) is 2.82. The van der Waals surface area contributed by atoms with Gasteiger partial charge in [-0.05, 0) is 48.5 Å². The SMILES string of the molecule is O=C(Cn1nc(-c2ccc(Cl)cc2)ccc1=O)Nc1ccc(S(=O)(=O)Nc2ncccn2)cc1. The molecule has 0 spiro atoms.